The van der Waals surface area contributed by atoms with E-state index in [0.29, 0.717) is 5.02 Å². The van der Waals surface area contributed by atoms with Crippen molar-refractivity contribution in [3.63, 3.8) is 0 Å². The Hall–Kier alpha value is -2.14. The van der Waals surface area contributed by atoms with Gasteiger partial charge in [0.15, 0.2) is 0 Å². The van der Waals surface area contributed by atoms with Gasteiger partial charge in [-0.2, -0.15) is 0 Å². The maximum Gasteiger partial charge on any atom is 0.339 e. The van der Waals surface area contributed by atoms with Gasteiger partial charge >= 0.3 is 5.97 Å². The van der Waals surface area contributed by atoms with Crippen LogP contribution in [0.1, 0.15) is 10.4 Å². The van der Waals surface area contributed by atoms with Gasteiger partial charge in [0.2, 0.25) is 5.88 Å². The highest BCUT2D eigenvalue weighted by Crippen LogP contribution is 2.27. The summed E-state index contributed by atoms with van der Waals surface area (Å²) in [5, 5.41) is 9.36. The van der Waals surface area contributed by atoms with Crippen LogP contribution in [0.2, 0.25) is 5.02 Å². The Labute approximate surface area is 102 Å². The first kappa shape index (κ1) is 11.3. The van der Waals surface area contributed by atoms with Crippen LogP contribution in [-0.4, -0.2) is 21.0 Å². The number of rotatable bonds is 3. The van der Waals surface area contributed by atoms with Crippen molar-refractivity contribution in [1.29, 1.82) is 0 Å². The van der Waals surface area contributed by atoms with E-state index < -0.39 is 5.97 Å². The molecule has 6 heteroatoms. The van der Waals surface area contributed by atoms with E-state index in [-0.39, 0.29) is 17.2 Å². The van der Waals surface area contributed by atoms with Crippen LogP contribution in [0.4, 0.5) is 0 Å². The predicted molar refractivity (Wildman–Crippen MR) is 60.5 cm³/mol. The van der Waals surface area contributed by atoms with Crippen LogP contribution in [0.25, 0.3) is 0 Å². The van der Waals surface area contributed by atoms with Gasteiger partial charge in [-0.3, -0.25) is 4.98 Å². The molecule has 0 unspecified atom stereocenters. The molecule has 1 aromatic carbocycles. The number of carbonyl (C=O) groups is 1. The van der Waals surface area contributed by atoms with Crippen molar-refractivity contribution in [1.82, 2.24) is 9.97 Å². The zero-order chi connectivity index (χ0) is 12.3. The van der Waals surface area contributed by atoms with Crippen LogP contribution in [0.3, 0.4) is 0 Å². The summed E-state index contributed by atoms with van der Waals surface area (Å²) in [4.78, 5) is 18.7. The normalized spacial score (nSPS) is 9.94. The van der Waals surface area contributed by atoms with E-state index in [9.17, 15) is 4.79 Å². The van der Waals surface area contributed by atoms with Crippen molar-refractivity contribution in [2.24, 2.45) is 0 Å². The van der Waals surface area contributed by atoms with Gasteiger partial charge in [0.05, 0.1) is 6.20 Å². The molecule has 0 saturated carbocycles. The number of hydrogen-bond acceptors (Lipinski definition) is 4. The van der Waals surface area contributed by atoms with Gasteiger partial charge in [-0.1, -0.05) is 11.6 Å². The molecule has 86 valence electrons. The first-order valence-corrected chi connectivity index (χ1v) is 5.01. The van der Waals surface area contributed by atoms with Crippen LogP contribution in [-0.2, 0) is 0 Å². The van der Waals surface area contributed by atoms with E-state index in [1.54, 1.807) is 0 Å². The number of nitrogens with zero attached hydrogens (tertiary/aromatic N) is 2. The van der Waals surface area contributed by atoms with Crippen molar-refractivity contribution in [2.45, 2.75) is 0 Å². The number of halogens is 1. The SMILES string of the molecule is O=C(O)c1ccc(Cl)cc1Oc1cnccn1. The molecule has 0 amide bonds. The molecule has 0 spiro atoms. The molecule has 0 aliphatic carbocycles. The Morgan fingerprint density at radius 3 is 2.82 bits per heavy atom. The minimum atomic E-state index is -1.10. The molecule has 0 atom stereocenters. The summed E-state index contributed by atoms with van der Waals surface area (Å²) in [5.74, 6) is -0.761. The number of aromatic nitrogens is 2. The molecule has 0 radical (unpaired) electrons. The number of aromatic carboxylic acids is 1. The third-order valence-corrected chi connectivity index (χ3v) is 2.16. The van der Waals surface area contributed by atoms with Gasteiger partial charge in [0.25, 0.3) is 0 Å². The summed E-state index contributed by atoms with van der Waals surface area (Å²) in [6.07, 6.45) is 4.32. The molecule has 5 nitrogen and oxygen atoms in total. The minimum absolute atomic E-state index is 0.0139. The van der Waals surface area contributed by atoms with Crippen LogP contribution in [0.15, 0.2) is 36.8 Å². The highest BCUT2D eigenvalue weighted by Gasteiger charge is 2.12. The molecule has 1 heterocycles. The summed E-state index contributed by atoms with van der Waals surface area (Å²) < 4.78 is 5.31. The maximum absolute atomic E-state index is 11.0. The summed E-state index contributed by atoms with van der Waals surface area (Å²) in [6.45, 7) is 0. The highest BCUT2D eigenvalue weighted by molar-refractivity contribution is 6.30. The topological polar surface area (TPSA) is 72.3 Å². The predicted octanol–water partition coefficient (Wildman–Crippen LogP) is 2.62. The fraction of sp³-hybridized carbons (Fsp3) is 0. The van der Waals surface area contributed by atoms with Crippen molar-refractivity contribution in [3.8, 4) is 11.6 Å². The molecule has 17 heavy (non-hydrogen) atoms. The van der Waals surface area contributed by atoms with Crippen molar-refractivity contribution in [2.75, 3.05) is 0 Å². The summed E-state index contributed by atoms with van der Waals surface area (Å²) >= 11 is 5.78. The number of carboxylic acids is 1. The van der Waals surface area contributed by atoms with Crippen LogP contribution in [0.5, 0.6) is 11.6 Å². The average molecular weight is 251 g/mol. The van der Waals surface area contributed by atoms with E-state index in [1.165, 1.54) is 36.8 Å². The monoisotopic (exact) mass is 250 g/mol. The molecule has 2 rings (SSSR count). The van der Waals surface area contributed by atoms with Gasteiger partial charge in [-0.25, -0.2) is 9.78 Å². The van der Waals surface area contributed by atoms with Crippen molar-refractivity contribution >= 4 is 17.6 Å². The third kappa shape index (κ3) is 2.70. The lowest BCUT2D eigenvalue weighted by Gasteiger charge is -2.07. The summed E-state index contributed by atoms with van der Waals surface area (Å²) in [5.41, 5.74) is 0.0139. The van der Waals surface area contributed by atoms with E-state index in [0.717, 1.165) is 0 Å². The van der Waals surface area contributed by atoms with E-state index in [1.807, 2.05) is 0 Å². The lowest BCUT2D eigenvalue weighted by Crippen LogP contribution is -2.00. The Balaban J connectivity index is 2.37. The van der Waals surface area contributed by atoms with Gasteiger partial charge in [0.1, 0.15) is 11.3 Å². The Morgan fingerprint density at radius 2 is 2.18 bits per heavy atom. The lowest BCUT2D eigenvalue weighted by atomic mass is 10.2. The van der Waals surface area contributed by atoms with Crippen molar-refractivity contribution in [3.05, 3.63) is 47.4 Å². The standard InChI is InChI=1S/C11H7ClN2O3/c12-7-1-2-8(11(15)16)9(5-7)17-10-6-13-3-4-14-10/h1-6H,(H,15,16). The van der Waals surface area contributed by atoms with Gasteiger partial charge < -0.3 is 9.84 Å². The Bertz CT molecular complexity index is 546. The van der Waals surface area contributed by atoms with Crippen LogP contribution in [0, 0.1) is 0 Å². The summed E-state index contributed by atoms with van der Waals surface area (Å²) in [7, 11) is 0. The number of hydrogen-bond donors (Lipinski definition) is 1. The second-order valence-corrected chi connectivity index (χ2v) is 3.53. The smallest absolute Gasteiger partial charge is 0.339 e. The number of benzene rings is 1. The summed E-state index contributed by atoms with van der Waals surface area (Å²) in [6, 6.07) is 4.27. The third-order valence-electron chi connectivity index (χ3n) is 1.93. The quantitative estimate of drug-likeness (QED) is 0.907. The number of ether oxygens (including phenoxy) is 1. The molecule has 1 aromatic heterocycles. The zero-order valence-corrected chi connectivity index (χ0v) is 9.26. The molecule has 2 aromatic rings. The largest absolute Gasteiger partial charge is 0.478 e. The molecule has 0 fully saturated rings. The van der Waals surface area contributed by atoms with Gasteiger partial charge in [-0.05, 0) is 12.1 Å². The van der Waals surface area contributed by atoms with Crippen LogP contribution < -0.4 is 4.74 Å². The first-order chi connectivity index (χ1) is 8.16. The molecular formula is C11H7ClN2O3. The highest BCUT2D eigenvalue weighted by atomic mass is 35.5. The maximum atomic E-state index is 11.0. The molecule has 0 bridgehead atoms. The van der Waals surface area contributed by atoms with Gasteiger partial charge in [0, 0.05) is 23.5 Å². The second kappa shape index (κ2) is 4.80. The molecular weight excluding hydrogens is 244 g/mol. The van der Waals surface area contributed by atoms with Gasteiger partial charge in [-0.15, -0.1) is 0 Å². The fourth-order valence-corrected chi connectivity index (χ4v) is 1.37. The first-order valence-electron chi connectivity index (χ1n) is 4.63. The second-order valence-electron chi connectivity index (χ2n) is 3.09. The average Bonchev–Trinajstić information content (AvgIpc) is 2.30. The van der Waals surface area contributed by atoms with Crippen LogP contribution >= 0.6 is 11.6 Å². The van der Waals surface area contributed by atoms with E-state index >= 15 is 0 Å². The lowest BCUT2D eigenvalue weighted by molar-refractivity contribution is 0.0694. The van der Waals surface area contributed by atoms with E-state index in [2.05, 4.69) is 9.97 Å². The minimum Gasteiger partial charge on any atom is -0.478 e. The molecule has 0 aliphatic heterocycles. The van der Waals surface area contributed by atoms with E-state index in [4.69, 9.17) is 21.4 Å². The molecule has 0 aliphatic rings. The zero-order valence-electron chi connectivity index (χ0n) is 8.50. The Kier molecular flexibility index (Phi) is 3.20. The molecule has 1 N–H and O–H groups in total. The number of carboxylic acid groups (broad SMARTS) is 1. The Morgan fingerprint density at radius 1 is 1.35 bits per heavy atom. The fourth-order valence-electron chi connectivity index (χ4n) is 1.21. The molecule has 0 saturated heterocycles. The van der Waals surface area contributed by atoms with Crippen molar-refractivity contribution < 1.29 is 14.6 Å².